The molecule has 19 heavy (non-hydrogen) atoms. The van der Waals surface area contributed by atoms with Crippen molar-refractivity contribution in [2.24, 2.45) is 0 Å². The number of methoxy groups -OCH3 is 1. The Morgan fingerprint density at radius 2 is 2.05 bits per heavy atom. The summed E-state index contributed by atoms with van der Waals surface area (Å²) in [6, 6.07) is 11.7. The molecule has 0 radical (unpaired) electrons. The molecule has 3 heteroatoms. The SMILES string of the molecule is COC(C)C(C)NC1CCN(Cc2ccccc2)C1. The summed E-state index contributed by atoms with van der Waals surface area (Å²) in [4.78, 5) is 2.52. The van der Waals surface area contributed by atoms with E-state index in [2.05, 4.69) is 54.4 Å². The van der Waals surface area contributed by atoms with E-state index in [1.165, 1.54) is 18.5 Å². The van der Waals surface area contributed by atoms with Crippen molar-refractivity contribution in [2.75, 3.05) is 20.2 Å². The van der Waals surface area contributed by atoms with E-state index in [-0.39, 0.29) is 6.10 Å². The van der Waals surface area contributed by atoms with Crippen molar-refractivity contribution in [3.63, 3.8) is 0 Å². The fraction of sp³-hybridized carbons (Fsp3) is 0.625. The number of nitrogens with one attached hydrogen (secondary N) is 1. The molecule has 0 aliphatic carbocycles. The fourth-order valence-corrected chi connectivity index (χ4v) is 2.67. The van der Waals surface area contributed by atoms with Crippen molar-refractivity contribution < 1.29 is 4.74 Å². The quantitative estimate of drug-likeness (QED) is 0.851. The highest BCUT2D eigenvalue weighted by molar-refractivity contribution is 5.14. The van der Waals surface area contributed by atoms with Crippen molar-refractivity contribution in [3.05, 3.63) is 35.9 Å². The third-order valence-electron chi connectivity index (χ3n) is 4.10. The molecule has 106 valence electrons. The number of likely N-dealkylation sites (tertiary alicyclic amines) is 1. The van der Waals surface area contributed by atoms with Crippen LogP contribution in [0.15, 0.2) is 30.3 Å². The molecule has 1 aromatic carbocycles. The van der Waals surface area contributed by atoms with Gasteiger partial charge in [0.2, 0.25) is 0 Å². The Morgan fingerprint density at radius 1 is 1.32 bits per heavy atom. The number of benzene rings is 1. The van der Waals surface area contributed by atoms with Crippen LogP contribution in [0.5, 0.6) is 0 Å². The van der Waals surface area contributed by atoms with Gasteiger partial charge in [-0.1, -0.05) is 30.3 Å². The Labute approximate surface area is 116 Å². The molecule has 1 aliphatic heterocycles. The third-order valence-corrected chi connectivity index (χ3v) is 4.10. The molecule has 3 nitrogen and oxygen atoms in total. The van der Waals surface area contributed by atoms with Gasteiger partial charge in [-0.05, 0) is 25.8 Å². The van der Waals surface area contributed by atoms with Gasteiger partial charge in [-0.3, -0.25) is 4.90 Å². The summed E-state index contributed by atoms with van der Waals surface area (Å²) in [5.74, 6) is 0. The predicted molar refractivity (Wildman–Crippen MR) is 79.2 cm³/mol. The minimum Gasteiger partial charge on any atom is -0.380 e. The highest BCUT2D eigenvalue weighted by Crippen LogP contribution is 2.14. The lowest BCUT2D eigenvalue weighted by Gasteiger charge is -2.24. The van der Waals surface area contributed by atoms with Crippen LogP contribution in [-0.4, -0.2) is 43.3 Å². The molecule has 3 unspecified atom stereocenters. The van der Waals surface area contributed by atoms with E-state index in [1.807, 2.05) is 0 Å². The number of nitrogens with zero attached hydrogens (tertiary/aromatic N) is 1. The Hall–Kier alpha value is -0.900. The van der Waals surface area contributed by atoms with Gasteiger partial charge in [0.1, 0.15) is 0 Å². The van der Waals surface area contributed by atoms with Crippen molar-refractivity contribution in [1.82, 2.24) is 10.2 Å². The molecule has 1 aliphatic rings. The minimum absolute atomic E-state index is 0.267. The van der Waals surface area contributed by atoms with E-state index >= 15 is 0 Å². The predicted octanol–water partition coefficient (Wildman–Crippen LogP) is 2.27. The standard InChI is InChI=1S/C16H26N2O/c1-13(14(2)19-3)17-16-9-10-18(12-16)11-15-7-5-4-6-8-15/h4-8,13-14,16-17H,9-12H2,1-3H3. The third kappa shape index (κ3) is 4.30. The summed E-state index contributed by atoms with van der Waals surface area (Å²) in [5.41, 5.74) is 1.40. The molecule has 0 amide bonds. The number of ether oxygens (including phenoxy) is 1. The lowest BCUT2D eigenvalue weighted by atomic mass is 10.1. The average molecular weight is 262 g/mol. The van der Waals surface area contributed by atoms with Crippen molar-refractivity contribution in [2.45, 2.75) is 45.0 Å². The topological polar surface area (TPSA) is 24.5 Å². The van der Waals surface area contributed by atoms with E-state index in [1.54, 1.807) is 7.11 Å². The average Bonchev–Trinajstić information content (AvgIpc) is 2.86. The zero-order chi connectivity index (χ0) is 13.7. The molecule has 1 fully saturated rings. The van der Waals surface area contributed by atoms with E-state index in [9.17, 15) is 0 Å². The molecule has 1 heterocycles. The summed E-state index contributed by atoms with van der Waals surface area (Å²) in [6.07, 6.45) is 1.50. The molecule has 0 bridgehead atoms. The monoisotopic (exact) mass is 262 g/mol. The van der Waals surface area contributed by atoms with Crippen molar-refractivity contribution >= 4 is 0 Å². The van der Waals surface area contributed by atoms with E-state index in [0.29, 0.717) is 12.1 Å². The summed E-state index contributed by atoms with van der Waals surface area (Å²) in [6.45, 7) is 7.70. The van der Waals surface area contributed by atoms with Gasteiger partial charge in [-0.15, -0.1) is 0 Å². The van der Waals surface area contributed by atoms with Crippen molar-refractivity contribution in [1.29, 1.82) is 0 Å². The Bertz CT molecular complexity index is 368. The van der Waals surface area contributed by atoms with Gasteiger partial charge in [0.05, 0.1) is 6.10 Å². The molecule has 0 saturated carbocycles. The van der Waals surface area contributed by atoms with Crippen LogP contribution in [0.2, 0.25) is 0 Å². The largest absolute Gasteiger partial charge is 0.380 e. The smallest absolute Gasteiger partial charge is 0.0693 e. The van der Waals surface area contributed by atoms with Crippen LogP contribution in [-0.2, 0) is 11.3 Å². The van der Waals surface area contributed by atoms with Crippen LogP contribution in [0.4, 0.5) is 0 Å². The molecule has 1 N–H and O–H groups in total. The van der Waals surface area contributed by atoms with Crippen molar-refractivity contribution in [3.8, 4) is 0 Å². The molecule has 0 aromatic heterocycles. The minimum atomic E-state index is 0.267. The second-order valence-electron chi connectivity index (χ2n) is 5.60. The molecule has 0 spiro atoms. The summed E-state index contributed by atoms with van der Waals surface area (Å²) in [5, 5.41) is 3.68. The lowest BCUT2D eigenvalue weighted by molar-refractivity contribution is 0.0846. The van der Waals surface area contributed by atoms with Gasteiger partial charge in [0.25, 0.3) is 0 Å². The van der Waals surface area contributed by atoms with Gasteiger partial charge in [0.15, 0.2) is 0 Å². The van der Waals surface area contributed by atoms with Gasteiger partial charge in [-0.25, -0.2) is 0 Å². The van der Waals surface area contributed by atoms with Crippen LogP contribution in [0.1, 0.15) is 25.8 Å². The maximum absolute atomic E-state index is 5.37. The second-order valence-corrected chi connectivity index (χ2v) is 5.60. The van der Waals surface area contributed by atoms with E-state index in [4.69, 9.17) is 4.74 Å². The Balaban J connectivity index is 1.77. The first-order chi connectivity index (χ1) is 9.19. The number of hydrogen-bond donors (Lipinski definition) is 1. The second kappa shape index (κ2) is 7.04. The van der Waals surface area contributed by atoms with E-state index in [0.717, 1.165) is 13.1 Å². The highest BCUT2D eigenvalue weighted by atomic mass is 16.5. The summed E-state index contributed by atoms with van der Waals surface area (Å²) in [7, 11) is 1.78. The number of rotatable bonds is 6. The van der Waals surface area contributed by atoms with E-state index < -0.39 is 0 Å². The first-order valence-corrected chi connectivity index (χ1v) is 7.24. The molecule has 1 aromatic rings. The maximum Gasteiger partial charge on any atom is 0.0693 e. The maximum atomic E-state index is 5.37. The lowest BCUT2D eigenvalue weighted by Crippen LogP contribution is -2.44. The van der Waals surface area contributed by atoms with Gasteiger partial charge >= 0.3 is 0 Å². The summed E-state index contributed by atoms with van der Waals surface area (Å²) >= 11 is 0. The highest BCUT2D eigenvalue weighted by Gasteiger charge is 2.24. The number of hydrogen-bond acceptors (Lipinski definition) is 3. The fourth-order valence-electron chi connectivity index (χ4n) is 2.67. The Morgan fingerprint density at radius 3 is 2.74 bits per heavy atom. The van der Waals surface area contributed by atoms with Gasteiger partial charge < -0.3 is 10.1 Å². The Kier molecular flexibility index (Phi) is 5.37. The molecule has 1 saturated heterocycles. The van der Waals surface area contributed by atoms with Crippen LogP contribution in [0.3, 0.4) is 0 Å². The van der Waals surface area contributed by atoms with Gasteiger partial charge in [0, 0.05) is 38.8 Å². The zero-order valence-corrected chi connectivity index (χ0v) is 12.3. The molecule has 2 rings (SSSR count). The molecule has 3 atom stereocenters. The molecular weight excluding hydrogens is 236 g/mol. The van der Waals surface area contributed by atoms with Crippen LogP contribution < -0.4 is 5.32 Å². The van der Waals surface area contributed by atoms with Crippen LogP contribution >= 0.6 is 0 Å². The normalized spacial score (nSPS) is 23.4. The first kappa shape index (κ1) is 14.5. The first-order valence-electron chi connectivity index (χ1n) is 7.24. The summed E-state index contributed by atoms with van der Waals surface area (Å²) < 4.78 is 5.37. The molecular formula is C16H26N2O. The van der Waals surface area contributed by atoms with Gasteiger partial charge in [-0.2, -0.15) is 0 Å². The van der Waals surface area contributed by atoms with Crippen LogP contribution in [0, 0.1) is 0 Å². The van der Waals surface area contributed by atoms with Crippen LogP contribution in [0.25, 0.3) is 0 Å². The zero-order valence-electron chi connectivity index (χ0n) is 12.3.